The van der Waals surface area contributed by atoms with E-state index in [2.05, 4.69) is 0 Å². The lowest BCUT2D eigenvalue weighted by atomic mass is 10.1. The van der Waals surface area contributed by atoms with Crippen LogP contribution >= 0.6 is 22.9 Å². The van der Waals surface area contributed by atoms with Crippen LogP contribution in [0, 0.1) is 17.0 Å². The number of aromatic nitrogens is 2. The fraction of sp³-hybridized carbons (Fsp3) is 0.0952. The first-order valence-corrected chi connectivity index (χ1v) is 10.3. The molecule has 4 aromatic rings. The highest BCUT2D eigenvalue weighted by molar-refractivity contribution is 7.18. The molecule has 8 nitrogen and oxygen atoms in total. The van der Waals surface area contributed by atoms with Gasteiger partial charge in [0, 0.05) is 27.6 Å². The lowest BCUT2D eigenvalue weighted by Gasteiger charge is -2.12. The maximum atomic E-state index is 13.3. The molecule has 31 heavy (non-hydrogen) atoms. The smallest absolute Gasteiger partial charge is 0.292 e. The van der Waals surface area contributed by atoms with Crippen LogP contribution in [0.2, 0.25) is 5.02 Å². The van der Waals surface area contributed by atoms with Crippen LogP contribution in [0.15, 0.2) is 64.2 Å². The number of carbonyl (C=O) groups is 1. The number of nitro benzene ring substituents is 1. The Balaban J connectivity index is 1.91. The van der Waals surface area contributed by atoms with Gasteiger partial charge in [0.05, 0.1) is 22.5 Å². The molecule has 0 unspecified atom stereocenters. The van der Waals surface area contributed by atoms with Crippen LogP contribution < -0.4 is 11.2 Å². The Kier molecular flexibility index (Phi) is 5.30. The number of fused-ring (bicyclic) bond motifs is 1. The molecule has 0 N–H and O–H groups in total. The van der Waals surface area contributed by atoms with Crippen LogP contribution in [-0.4, -0.2) is 19.8 Å². The molecule has 2 aromatic carbocycles. The molecule has 0 saturated carbocycles. The van der Waals surface area contributed by atoms with Gasteiger partial charge in [-0.1, -0.05) is 29.8 Å². The van der Waals surface area contributed by atoms with Gasteiger partial charge < -0.3 is 0 Å². The minimum absolute atomic E-state index is 0.100. The highest BCUT2D eigenvalue weighted by atomic mass is 35.5. The van der Waals surface area contributed by atoms with Crippen LogP contribution in [-0.2, 0) is 6.54 Å². The summed E-state index contributed by atoms with van der Waals surface area (Å²) >= 11 is 7.26. The highest BCUT2D eigenvalue weighted by Gasteiger charge is 2.20. The van der Waals surface area contributed by atoms with Crippen molar-refractivity contribution in [3.8, 4) is 5.69 Å². The number of thiophene rings is 1. The SMILES string of the molecule is Cc1cc2c(=O)n(-c3cccc(Cl)c3)c(=O)n(CC(=O)c3cccc([N+](=O)[O-])c3)c2s1. The predicted octanol–water partition coefficient (Wildman–Crippen LogP) is 3.97. The molecule has 0 atom stereocenters. The molecule has 0 spiro atoms. The molecule has 0 aliphatic heterocycles. The lowest BCUT2D eigenvalue weighted by Crippen LogP contribution is -2.39. The third-order valence-corrected chi connectivity index (χ3v) is 5.99. The summed E-state index contributed by atoms with van der Waals surface area (Å²) in [6.45, 7) is 1.42. The summed E-state index contributed by atoms with van der Waals surface area (Å²) in [5.41, 5.74) is -1.04. The first kappa shape index (κ1) is 20.7. The van der Waals surface area contributed by atoms with Crippen molar-refractivity contribution < 1.29 is 9.72 Å². The normalized spacial score (nSPS) is 11.0. The summed E-state index contributed by atoms with van der Waals surface area (Å²) in [6.07, 6.45) is 0. The van der Waals surface area contributed by atoms with E-state index >= 15 is 0 Å². The third-order valence-electron chi connectivity index (χ3n) is 4.68. The number of halogens is 1. The highest BCUT2D eigenvalue weighted by Crippen LogP contribution is 2.23. The third kappa shape index (κ3) is 3.80. The summed E-state index contributed by atoms with van der Waals surface area (Å²) in [4.78, 5) is 50.8. The number of nitrogens with zero attached hydrogens (tertiary/aromatic N) is 3. The second-order valence-corrected chi connectivity index (χ2v) is 8.47. The van der Waals surface area contributed by atoms with Gasteiger partial charge in [-0.2, -0.15) is 0 Å². The van der Waals surface area contributed by atoms with Gasteiger partial charge in [-0.05, 0) is 31.2 Å². The molecule has 2 aromatic heterocycles. The first-order chi connectivity index (χ1) is 14.8. The number of aryl methyl sites for hydroxylation is 1. The molecule has 2 heterocycles. The summed E-state index contributed by atoms with van der Waals surface area (Å²) in [7, 11) is 0. The van der Waals surface area contributed by atoms with Crippen LogP contribution in [0.5, 0.6) is 0 Å². The average molecular weight is 456 g/mol. The average Bonchev–Trinajstić information content (AvgIpc) is 3.13. The Morgan fingerprint density at radius 1 is 1.13 bits per heavy atom. The molecule has 0 aliphatic carbocycles. The van der Waals surface area contributed by atoms with Crippen LogP contribution in [0.3, 0.4) is 0 Å². The van der Waals surface area contributed by atoms with Crippen molar-refractivity contribution in [3.05, 3.63) is 101 Å². The molecule has 0 fully saturated rings. The van der Waals surface area contributed by atoms with E-state index in [-0.39, 0.29) is 23.5 Å². The minimum Gasteiger partial charge on any atom is -0.292 e. The zero-order valence-corrected chi connectivity index (χ0v) is 17.6. The van der Waals surface area contributed by atoms with Crippen molar-refractivity contribution in [1.82, 2.24) is 9.13 Å². The number of benzene rings is 2. The van der Waals surface area contributed by atoms with Gasteiger partial charge in [0.15, 0.2) is 5.78 Å². The molecule has 0 radical (unpaired) electrons. The number of carbonyl (C=O) groups excluding carboxylic acids is 1. The van der Waals surface area contributed by atoms with Gasteiger partial charge in [0.25, 0.3) is 11.2 Å². The standard InChI is InChI=1S/C21H14ClN3O5S/c1-12-8-17-19(27)24(15-6-3-5-14(22)10-15)21(28)23(20(17)31-12)11-18(26)13-4-2-7-16(9-13)25(29)30/h2-10H,11H2,1H3. The van der Waals surface area contributed by atoms with E-state index < -0.39 is 22.0 Å². The number of rotatable bonds is 5. The van der Waals surface area contributed by atoms with Gasteiger partial charge >= 0.3 is 5.69 Å². The summed E-state index contributed by atoms with van der Waals surface area (Å²) in [6, 6.07) is 13.3. The van der Waals surface area contributed by atoms with E-state index in [1.165, 1.54) is 40.2 Å². The number of nitro groups is 1. The fourth-order valence-electron chi connectivity index (χ4n) is 3.28. The molecule has 4 rings (SSSR count). The topological polar surface area (TPSA) is 104 Å². The Bertz CT molecular complexity index is 1480. The molecule has 0 saturated heterocycles. The minimum atomic E-state index is -0.694. The van der Waals surface area contributed by atoms with Crippen molar-refractivity contribution in [1.29, 1.82) is 0 Å². The van der Waals surface area contributed by atoms with Crippen LogP contribution in [0.4, 0.5) is 5.69 Å². The molecule has 10 heteroatoms. The van der Waals surface area contributed by atoms with Gasteiger partial charge in [-0.3, -0.25) is 24.3 Å². The van der Waals surface area contributed by atoms with Crippen molar-refractivity contribution >= 4 is 44.6 Å². The maximum absolute atomic E-state index is 13.3. The molecular weight excluding hydrogens is 442 g/mol. The van der Waals surface area contributed by atoms with Gasteiger partial charge in [0.1, 0.15) is 4.83 Å². The second-order valence-electron chi connectivity index (χ2n) is 6.80. The van der Waals surface area contributed by atoms with E-state index in [9.17, 15) is 24.5 Å². The Morgan fingerprint density at radius 3 is 2.58 bits per heavy atom. The zero-order valence-electron chi connectivity index (χ0n) is 16.1. The van der Waals surface area contributed by atoms with E-state index in [0.29, 0.717) is 15.2 Å². The summed E-state index contributed by atoms with van der Waals surface area (Å²) in [5.74, 6) is -0.491. The van der Waals surface area contributed by atoms with E-state index in [1.54, 1.807) is 31.2 Å². The Labute approximate surface area is 183 Å². The number of hydrogen-bond acceptors (Lipinski definition) is 6. The quantitative estimate of drug-likeness (QED) is 0.257. The Morgan fingerprint density at radius 2 is 1.87 bits per heavy atom. The number of non-ortho nitro benzene ring substituents is 1. The monoisotopic (exact) mass is 455 g/mol. The summed E-state index contributed by atoms with van der Waals surface area (Å²) in [5, 5.41) is 11.7. The lowest BCUT2D eigenvalue weighted by molar-refractivity contribution is -0.384. The van der Waals surface area contributed by atoms with Crippen molar-refractivity contribution in [2.75, 3.05) is 0 Å². The molecule has 0 bridgehead atoms. The van der Waals surface area contributed by atoms with E-state index in [0.717, 1.165) is 15.5 Å². The van der Waals surface area contributed by atoms with Crippen molar-refractivity contribution in [2.45, 2.75) is 13.5 Å². The van der Waals surface area contributed by atoms with Crippen molar-refractivity contribution in [2.24, 2.45) is 0 Å². The number of Topliss-reactive ketones (excluding diaryl/α,β-unsaturated/α-hetero) is 1. The fourth-order valence-corrected chi connectivity index (χ4v) is 4.46. The van der Waals surface area contributed by atoms with Crippen molar-refractivity contribution in [3.63, 3.8) is 0 Å². The largest absolute Gasteiger partial charge is 0.337 e. The van der Waals surface area contributed by atoms with Gasteiger partial charge in [-0.25, -0.2) is 9.36 Å². The second kappa shape index (κ2) is 7.93. The molecule has 0 amide bonds. The van der Waals surface area contributed by atoms with Gasteiger partial charge in [0.2, 0.25) is 0 Å². The number of hydrogen-bond donors (Lipinski definition) is 0. The Hall–Kier alpha value is -3.56. The predicted molar refractivity (Wildman–Crippen MR) is 119 cm³/mol. The molecule has 156 valence electrons. The van der Waals surface area contributed by atoms with Crippen LogP contribution in [0.25, 0.3) is 15.9 Å². The summed E-state index contributed by atoms with van der Waals surface area (Å²) < 4.78 is 2.19. The number of ketones is 1. The first-order valence-electron chi connectivity index (χ1n) is 9.06. The van der Waals surface area contributed by atoms with E-state index in [4.69, 9.17) is 11.6 Å². The van der Waals surface area contributed by atoms with E-state index in [1.807, 2.05) is 0 Å². The zero-order chi connectivity index (χ0) is 22.3. The van der Waals surface area contributed by atoms with Crippen LogP contribution in [0.1, 0.15) is 15.2 Å². The maximum Gasteiger partial charge on any atom is 0.337 e. The molecule has 0 aliphatic rings. The molecular formula is C21H14ClN3O5S. The van der Waals surface area contributed by atoms with Gasteiger partial charge in [-0.15, -0.1) is 11.3 Å².